The number of halogens is 3. The molecule has 0 amide bonds. The van der Waals surface area contributed by atoms with Gasteiger partial charge in [-0.3, -0.25) is 0 Å². The highest BCUT2D eigenvalue weighted by Crippen LogP contribution is 2.30. The van der Waals surface area contributed by atoms with Gasteiger partial charge in [0, 0.05) is 12.4 Å². The minimum Gasteiger partial charge on any atom is -0.233 e. The van der Waals surface area contributed by atoms with E-state index < -0.39 is 12.0 Å². The van der Waals surface area contributed by atoms with Gasteiger partial charge >= 0.3 is 6.18 Å². The van der Waals surface area contributed by atoms with E-state index in [2.05, 4.69) is 23.8 Å². The van der Waals surface area contributed by atoms with Gasteiger partial charge in [0.05, 0.1) is 0 Å². The van der Waals surface area contributed by atoms with Crippen LogP contribution in [0.2, 0.25) is 0 Å². The highest BCUT2D eigenvalue weighted by atomic mass is 19.4. The summed E-state index contributed by atoms with van der Waals surface area (Å²) in [5.41, 5.74) is 0.853. The number of hydrogen-bond acceptors (Lipinski definition) is 2. The molecule has 0 aliphatic rings. The van der Waals surface area contributed by atoms with Gasteiger partial charge in [-0.15, -0.1) is 0 Å². The minimum atomic E-state index is -4.46. The van der Waals surface area contributed by atoms with Crippen LogP contribution in [-0.4, -0.2) is 9.97 Å². The number of nitrogens with zero attached hydrogens (tertiary/aromatic N) is 2. The molecule has 0 spiro atoms. The van der Waals surface area contributed by atoms with E-state index in [1.165, 1.54) is 50.9 Å². The van der Waals surface area contributed by atoms with Gasteiger partial charge in [-0.2, -0.15) is 13.2 Å². The van der Waals surface area contributed by atoms with Crippen LogP contribution in [0.25, 0.3) is 0 Å². The van der Waals surface area contributed by atoms with E-state index in [1.54, 1.807) is 0 Å². The molecule has 1 aromatic rings. The first kappa shape index (κ1) is 19.9. The first-order chi connectivity index (χ1) is 11.0. The second-order valence-corrected chi connectivity index (χ2v) is 6.23. The molecule has 1 heterocycles. The van der Waals surface area contributed by atoms with Crippen LogP contribution < -0.4 is 0 Å². The Bertz CT molecular complexity index is 403. The van der Waals surface area contributed by atoms with Crippen LogP contribution in [0.3, 0.4) is 0 Å². The number of rotatable bonds is 11. The molecule has 0 saturated carbocycles. The Kier molecular flexibility index (Phi) is 9.19. The van der Waals surface area contributed by atoms with E-state index in [9.17, 15) is 13.2 Å². The number of alkyl halides is 3. The molecule has 0 unspecified atom stereocenters. The summed E-state index contributed by atoms with van der Waals surface area (Å²) in [5.74, 6) is -0.761. The van der Waals surface area contributed by atoms with E-state index in [0.29, 0.717) is 0 Å². The Balaban J connectivity index is 2.65. The SMILES string of the molecule is CCCCCCC(CCCCCC)c1cnc(C(F)(F)F)nc1. The highest BCUT2D eigenvalue weighted by molar-refractivity contribution is 5.12. The molecule has 0 N–H and O–H groups in total. The van der Waals surface area contributed by atoms with Crippen molar-refractivity contribution in [3.63, 3.8) is 0 Å². The van der Waals surface area contributed by atoms with Crippen LogP contribution in [-0.2, 0) is 6.18 Å². The molecular formula is C18H29F3N2. The lowest BCUT2D eigenvalue weighted by atomic mass is 9.90. The summed E-state index contributed by atoms with van der Waals surface area (Å²) in [6, 6.07) is 0. The molecular weight excluding hydrogens is 301 g/mol. The zero-order valence-corrected chi connectivity index (χ0v) is 14.3. The molecule has 23 heavy (non-hydrogen) atoms. The summed E-state index contributed by atoms with van der Waals surface area (Å²) in [7, 11) is 0. The van der Waals surface area contributed by atoms with Crippen molar-refractivity contribution in [1.82, 2.24) is 9.97 Å². The van der Waals surface area contributed by atoms with Crippen LogP contribution in [0, 0.1) is 0 Å². The molecule has 0 fully saturated rings. The average Bonchev–Trinajstić information content (AvgIpc) is 2.53. The van der Waals surface area contributed by atoms with E-state index in [4.69, 9.17) is 0 Å². The molecule has 0 radical (unpaired) electrons. The van der Waals surface area contributed by atoms with Gasteiger partial charge in [-0.1, -0.05) is 65.2 Å². The normalized spacial score (nSPS) is 12.1. The predicted octanol–water partition coefficient (Wildman–Crippen LogP) is 6.52. The predicted molar refractivity (Wildman–Crippen MR) is 87.3 cm³/mol. The van der Waals surface area contributed by atoms with Gasteiger partial charge in [0.2, 0.25) is 5.82 Å². The maximum atomic E-state index is 12.6. The Hall–Kier alpha value is -1.13. The molecule has 0 aliphatic carbocycles. The zero-order valence-electron chi connectivity index (χ0n) is 14.3. The molecule has 0 aliphatic heterocycles. The van der Waals surface area contributed by atoms with Gasteiger partial charge in [0.15, 0.2) is 0 Å². The Labute approximate surface area is 137 Å². The van der Waals surface area contributed by atoms with Crippen LogP contribution in [0.15, 0.2) is 12.4 Å². The summed E-state index contributed by atoms with van der Waals surface area (Å²) in [6.45, 7) is 4.35. The van der Waals surface area contributed by atoms with Gasteiger partial charge in [-0.25, -0.2) is 9.97 Å². The van der Waals surface area contributed by atoms with Crippen molar-refractivity contribution in [3.8, 4) is 0 Å². The average molecular weight is 330 g/mol. The van der Waals surface area contributed by atoms with Crippen molar-refractivity contribution in [3.05, 3.63) is 23.8 Å². The zero-order chi connectivity index (χ0) is 17.1. The number of hydrogen-bond donors (Lipinski definition) is 0. The summed E-state index contributed by atoms with van der Waals surface area (Å²) < 4.78 is 37.7. The molecule has 0 bridgehead atoms. The lowest BCUT2D eigenvalue weighted by Gasteiger charge is -2.17. The third kappa shape index (κ3) is 7.80. The molecule has 1 aromatic heterocycles. The van der Waals surface area contributed by atoms with Crippen LogP contribution in [0.1, 0.15) is 95.4 Å². The number of aromatic nitrogens is 2. The Morgan fingerprint density at radius 1 is 0.826 bits per heavy atom. The molecule has 1 rings (SSSR count). The fourth-order valence-corrected chi connectivity index (χ4v) is 2.81. The maximum Gasteiger partial charge on any atom is 0.451 e. The monoisotopic (exact) mass is 330 g/mol. The fraction of sp³-hybridized carbons (Fsp3) is 0.778. The largest absolute Gasteiger partial charge is 0.451 e. The molecule has 132 valence electrons. The number of unbranched alkanes of at least 4 members (excludes halogenated alkanes) is 6. The van der Waals surface area contributed by atoms with E-state index in [-0.39, 0.29) is 5.92 Å². The van der Waals surface area contributed by atoms with Crippen molar-refractivity contribution in [2.24, 2.45) is 0 Å². The lowest BCUT2D eigenvalue weighted by Crippen LogP contribution is -2.12. The van der Waals surface area contributed by atoms with Crippen molar-refractivity contribution in [2.75, 3.05) is 0 Å². The first-order valence-electron chi connectivity index (χ1n) is 8.88. The summed E-state index contributed by atoms with van der Waals surface area (Å²) in [6.07, 6.45) is 9.72. The van der Waals surface area contributed by atoms with Crippen molar-refractivity contribution in [1.29, 1.82) is 0 Å². The third-order valence-electron chi connectivity index (χ3n) is 4.21. The smallest absolute Gasteiger partial charge is 0.233 e. The van der Waals surface area contributed by atoms with E-state index in [0.717, 1.165) is 31.2 Å². The van der Waals surface area contributed by atoms with Crippen LogP contribution >= 0.6 is 0 Å². The molecule has 0 atom stereocenters. The Morgan fingerprint density at radius 3 is 1.70 bits per heavy atom. The van der Waals surface area contributed by atoms with Crippen molar-refractivity contribution >= 4 is 0 Å². The summed E-state index contributed by atoms with van der Waals surface area (Å²) >= 11 is 0. The minimum absolute atomic E-state index is 0.283. The van der Waals surface area contributed by atoms with Crippen molar-refractivity contribution < 1.29 is 13.2 Å². The quantitative estimate of drug-likeness (QED) is 0.432. The van der Waals surface area contributed by atoms with Gasteiger partial charge < -0.3 is 0 Å². The summed E-state index contributed by atoms with van der Waals surface area (Å²) in [4.78, 5) is 7.05. The fourth-order valence-electron chi connectivity index (χ4n) is 2.81. The Morgan fingerprint density at radius 2 is 1.30 bits per heavy atom. The van der Waals surface area contributed by atoms with Crippen LogP contribution in [0.5, 0.6) is 0 Å². The second-order valence-electron chi connectivity index (χ2n) is 6.23. The van der Waals surface area contributed by atoms with Gasteiger partial charge in [0.25, 0.3) is 0 Å². The standard InChI is InChI=1S/C18H29F3N2/c1-3-5-7-9-11-15(12-10-8-6-4-2)16-13-22-17(23-14-16)18(19,20)21/h13-15H,3-12H2,1-2H3. The summed E-state index contributed by atoms with van der Waals surface area (Å²) in [5, 5.41) is 0. The van der Waals surface area contributed by atoms with E-state index in [1.807, 2.05) is 0 Å². The van der Waals surface area contributed by atoms with Crippen molar-refractivity contribution in [2.45, 2.75) is 90.1 Å². The second kappa shape index (κ2) is 10.6. The van der Waals surface area contributed by atoms with Gasteiger partial charge in [-0.05, 0) is 24.3 Å². The van der Waals surface area contributed by atoms with Gasteiger partial charge in [0.1, 0.15) is 0 Å². The molecule has 5 heteroatoms. The maximum absolute atomic E-state index is 12.6. The topological polar surface area (TPSA) is 25.8 Å². The first-order valence-corrected chi connectivity index (χ1v) is 8.88. The molecule has 2 nitrogen and oxygen atoms in total. The van der Waals surface area contributed by atoms with E-state index >= 15 is 0 Å². The lowest BCUT2D eigenvalue weighted by molar-refractivity contribution is -0.145. The molecule has 0 saturated heterocycles. The third-order valence-corrected chi connectivity index (χ3v) is 4.21. The highest BCUT2D eigenvalue weighted by Gasteiger charge is 2.34. The molecule has 0 aromatic carbocycles. The van der Waals surface area contributed by atoms with Crippen LogP contribution in [0.4, 0.5) is 13.2 Å².